The van der Waals surface area contributed by atoms with Crippen LogP contribution >= 0.6 is 0 Å². The standard InChI is InChI=1S/C32H57N6O3Si/c1-14-39-42(40-31-27(21-35(6)7)15-25(19-33(2)3)16-28(31)22-36(8)9)41-32-29(23-37(10)11)17-26(20-34(4)5)18-30(32)24-38(12)13/h15-18H,14,19-24H2,1-13H3. The van der Waals surface area contributed by atoms with Crippen LogP contribution in [0.5, 0.6) is 11.5 Å². The molecule has 0 fully saturated rings. The minimum absolute atomic E-state index is 0.504. The molecule has 2 rings (SSSR count). The van der Waals surface area contributed by atoms with Crippen molar-refractivity contribution >= 4 is 9.53 Å². The molecule has 0 heterocycles. The summed E-state index contributed by atoms with van der Waals surface area (Å²) in [6.45, 7) is 7.27. The maximum atomic E-state index is 6.85. The lowest BCUT2D eigenvalue weighted by Gasteiger charge is -2.27. The molecular weight excluding hydrogens is 544 g/mol. The van der Waals surface area contributed by atoms with Gasteiger partial charge in [0.05, 0.1) is 0 Å². The highest BCUT2D eigenvalue weighted by molar-refractivity contribution is 6.38. The maximum absolute atomic E-state index is 6.85. The van der Waals surface area contributed by atoms with Gasteiger partial charge in [-0.05, 0) is 127 Å². The first-order valence-electron chi connectivity index (χ1n) is 14.7. The Morgan fingerprint density at radius 1 is 0.452 bits per heavy atom. The SMILES string of the molecule is CCO[Si](Oc1c(CN(C)C)cc(CN(C)C)cc1CN(C)C)Oc1c(CN(C)C)cc(CN(C)C)cc1CN(C)C. The molecule has 0 N–H and O–H groups in total. The van der Waals surface area contributed by atoms with E-state index in [0.717, 1.165) is 73.0 Å². The van der Waals surface area contributed by atoms with Crippen molar-refractivity contribution in [2.75, 3.05) is 91.2 Å². The van der Waals surface area contributed by atoms with Crippen molar-refractivity contribution in [1.82, 2.24) is 29.4 Å². The zero-order valence-corrected chi connectivity index (χ0v) is 29.7. The largest absolute Gasteiger partial charge is 0.736 e. The third-order valence-corrected chi connectivity index (χ3v) is 7.45. The number of benzene rings is 2. The molecule has 0 spiro atoms. The van der Waals surface area contributed by atoms with Crippen molar-refractivity contribution in [3.05, 3.63) is 57.6 Å². The van der Waals surface area contributed by atoms with Crippen molar-refractivity contribution < 1.29 is 13.3 Å². The number of hydrogen-bond donors (Lipinski definition) is 0. The van der Waals surface area contributed by atoms with E-state index in [1.165, 1.54) is 11.1 Å². The average molecular weight is 602 g/mol. The molecule has 0 saturated heterocycles. The third-order valence-electron chi connectivity index (χ3n) is 6.18. The summed E-state index contributed by atoms with van der Waals surface area (Å²) in [5.41, 5.74) is 7.11. The van der Waals surface area contributed by atoms with Crippen molar-refractivity contribution in [3.8, 4) is 11.5 Å². The van der Waals surface area contributed by atoms with E-state index >= 15 is 0 Å². The molecule has 9 nitrogen and oxygen atoms in total. The summed E-state index contributed by atoms with van der Waals surface area (Å²) >= 11 is 0. The van der Waals surface area contributed by atoms with Crippen LogP contribution in [0.15, 0.2) is 24.3 Å². The Balaban J connectivity index is 2.66. The molecular formula is C32H57N6O3Si. The molecule has 0 aliphatic heterocycles. The monoisotopic (exact) mass is 601 g/mol. The van der Waals surface area contributed by atoms with Crippen molar-refractivity contribution in [2.24, 2.45) is 0 Å². The molecule has 2 aromatic rings. The summed E-state index contributed by atoms with van der Waals surface area (Å²) in [7, 11) is 23.0. The van der Waals surface area contributed by atoms with Crippen LogP contribution in [-0.4, -0.2) is 130 Å². The molecule has 0 aromatic heterocycles. The summed E-state index contributed by atoms with van der Waals surface area (Å²) in [5, 5.41) is 0. The number of hydrogen-bond acceptors (Lipinski definition) is 9. The molecule has 237 valence electrons. The minimum atomic E-state index is -2.19. The highest BCUT2D eigenvalue weighted by Gasteiger charge is 2.30. The molecule has 0 bridgehead atoms. The summed E-state index contributed by atoms with van der Waals surface area (Å²) in [6.07, 6.45) is 0. The van der Waals surface area contributed by atoms with Gasteiger partial charge in [-0.1, -0.05) is 0 Å². The fourth-order valence-electron chi connectivity index (χ4n) is 5.03. The topological polar surface area (TPSA) is 47.1 Å². The smallest absolute Gasteiger partial charge is 0.488 e. The number of rotatable bonds is 18. The van der Waals surface area contributed by atoms with Crippen LogP contribution in [0.3, 0.4) is 0 Å². The lowest BCUT2D eigenvalue weighted by Crippen LogP contribution is -2.36. The predicted molar refractivity (Wildman–Crippen MR) is 176 cm³/mol. The third kappa shape index (κ3) is 12.3. The van der Waals surface area contributed by atoms with Gasteiger partial charge in [0.2, 0.25) is 0 Å². The van der Waals surface area contributed by atoms with E-state index in [1.807, 2.05) is 6.92 Å². The van der Waals surface area contributed by atoms with Crippen LogP contribution in [0.2, 0.25) is 0 Å². The summed E-state index contributed by atoms with van der Waals surface area (Å²) < 4.78 is 20.0. The molecule has 0 saturated carbocycles. The lowest BCUT2D eigenvalue weighted by molar-refractivity contribution is 0.206. The van der Waals surface area contributed by atoms with E-state index in [-0.39, 0.29) is 0 Å². The molecule has 0 atom stereocenters. The Morgan fingerprint density at radius 2 is 0.714 bits per heavy atom. The first kappa shape index (κ1) is 36.2. The van der Waals surface area contributed by atoms with Gasteiger partial charge in [-0.15, -0.1) is 0 Å². The minimum Gasteiger partial charge on any atom is -0.488 e. The van der Waals surface area contributed by atoms with E-state index in [1.54, 1.807) is 0 Å². The quantitative estimate of drug-likeness (QED) is 0.239. The molecule has 0 aliphatic rings. The predicted octanol–water partition coefficient (Wildman–Crippen LogP) is 3.54. The summed E-state index contributed by atoms with van der Waals surface area (Å²) in [6, 6.07) is 9.08. The second kappa shape index (κ2) is 17.3. The first-order valence-corrected chi connectivity index (χ1v) is 15.9. The van der Waals surface area contributed by atoms with E-state index in [4.69, 9.17) is 13.3 Å². The van der Waals surface area contributed by atoms with Crippen LogP contribution in [0.4, 0.5) is 0 Å². The van der Waals surface area contributed by atoms with Crippen LogP contribution in [0.25, 0.3) is 0 Å². The fraction of sp³-hybridized carbons (Fsp3) is 0.625. The highest BCUT2D eigenvalue weighted by atomic mass is 28.3. The van der Waals surface area contributed by atoms with Crippen molar-refractivity contribution in [1.29, 1.82) is 0 Å². The molecule has 1 radical (unpaired) electrons. The van der Waals surface area contributed by atoms with Crippen molar-refractivity contribution in [3.63, 3.8) is 0 Å². The Labute approximate surface area is 258 Å². The van der Waals surface area contributed by atoms with Gasteiger partial charge >= 0.3 is 9.53 Å². The second-order valence-electron chi connectivity index (χ2n) is 12.8. The molecule has 0 aliphatic carbocycles. The first-order chi connectivity index (χ1) is 19.7. The maximum Gasteiger partial charge on any atom is 0.736 e. The Bertz CT molecular complexity index is 962. The van der Waals surface area contributed by atoms with Gasteiger partial charge in [-0.25, -0.2) is 0 Å². The average Bonchev–Trinajstić information content (AvgIpc) is 2.81. The van der Waals surface area contributed by atoms with E-state index in [2.05, 4.69) is 138 Å². The van der Waals surface area contributed by atoms with Gasteiger partial charge in [-0.2, -0.15) is 0 Å². The van der Waals surface area contributed by atoms with Gasteiger partial charge in [-0.3, -0.25) is 0 Å². The van der Waals surface area contributed by atoms with Gasteiger partial charge in [0, 0.05) is 68.1 Å². The Hall–Kier alpha value is -2.02. The number of nitrogens with zero attached hydrogens (tertiary/aromatic N) is 6. The molecule has 10 heteroatoms. The van der Waals surface area contributed by atoms with Gasteiger partial charge in [0.15, 0.2) is 0 Å². The van der Waals surface area contributed by atoms with Crippen LogP contribution in [0.1, 0.15) is 40.3 Å². The van der Waals surface area contributed by atoms with Gasteiger partial charge < -0.3 is 42.7 Å². The molecule has 0 amide bonds. The molecule has 42 heavy (non-hydrogen) atoms. The highest BCUT2D eigenvalue weighted by Crippen LogP contribution is 2.33. The van der Waals surface area contributed by atoms with E-state index < -0.39 is 9.53 Å². The zero-order valence-electron chi connectivity index (χ0n) is 28.7. The van der Waals surface area contributed by atoms with Crippen molar-refractivity contribution in [2.45, 2.75) is 46.2 Å². The normalized spacial score (nSPS) is 12.3. The summed E-state index contributed by atoms with van der Waals surface area (Å²) in [5.74, 6) is 1.74. The van der Waals surface area contributed by atoms with E-state index in [9.17, 15) is 0 Å². The van der Waals surface area contributed by atoms with Gasteiger partial charge in [0.25, 0.3) is 0 Å². The molecule has 2 aromatic carbocycles. The van der Waals surface area contributed by atoms with Gasteiger partial charge in [0.1, 0.15) is 11.5 Å². The lowest BCUT2D eigenvalue weighted by atomic mass is 10.0. The van der Waals surface area contributed by atoms with Crippen LogP contribution < -0.4 is 8.85 Å². The Kier molecular flexibility index (Phi) is 14.9. The van der Waals surface area contributed by atoms with E-state index in [0.29, 0.717) is 6.61 Å². The Morgan fingerprint density at radius 3 is 0.929 bits per heavy atom. The van der Waals surface area contributed by atoms with Crippen LogP contribution in [0, 0.1) is 0 Å². The second-order valence-corrected chi connectivity index (χ2v) is 14.0. The summed E-state index contributed by atoms with van der Waals surface area (Å²) in [4.78, 5) is 13.1. The fourth-order valence-corrected chi connectivity index (χ4v) is 6.28. The van der Waals surface area contributed by atoms with Crippen LogP contribution in [-0.2, 0) is 43.7 Å². The molecule has 0 unspecified atom stereocenters. The zero-order chi connectivity index (χ0) is 31.6.